The monoisotopic (exact) mass is 212 g/mol. The Morgan fingerprint density at radius 1 is 1.38 bits per heavy atom. The summed E-state index contributed by atoms with van der Waals surface area (Å²) >= 11 is 0. The van der Waals surface area contributed by atoms with E-state index in [1.54, 1.807) is 0 Å². The van der Waals surface area contributed by atoms with Crippen molar-refractivity contribution in [2.75, 3.05) is 0 Å². The molecule has 0 saturated heterocycles. The smallest absolute Gasteiger partial charge is 0.233 e. The lowest BCUT2D eigenvalue weighted by Gasteiger charge is -1.97. The molecular weight excluding hydrogens is 198 g/mol. The molecule has 3 nitrogen and oxygen atoms in total. The van der Waals surface area contributed by atoms with Gasteiger partial charge in [-0.2, -0.15) is 5.26 Å². The molecule has 0 saturated carbocycles. The predicted octanol–water partition coefficient (Wildman–Crippen LogP) is 1.91. The summed E-state index contributed by atoms with van der Waals surface area (Å²) in [6.07, 6.45) is 5.87. The second-order valence-electron chi connectivity index (χ2n) is 3.82. The van der Waals surface area contributed by atoms with Gasteiger partial charge in [-0.1, -0.05) is 30.3 Å². The minimum absolute atomic E-state index is 0.114. The van der Waals surface area contributed by atoms with Crippen LogP contribution in [0.3, 0.4) is 0 Å². The van der Waals surface area contributed by atoms with Gasteiger partial charge in [0, 0.05) is 0 Å². The molecule has 0 amide bonds. The fraction of sp³-hybridized carbons (Fsp3) is 0.231. The fourth-order valence-corrected chi connectivity index (χ4v) is 1.59. The third-order valence-electron chi connectivity index (χ3n) is 2.55. The number of imidazole rings is 1. The van der Waals surface area contributed by atoms with Crippen molar-refractivity contribution in [1.82, 2.24) is 4.57 Å². The zero-order valence-electron chi connectivity index (χ0n) is 9.24. The zero-order chi connectivity index (χ0) is 11.4. The van der Waals surface area contributed by atoms with Gasteiger partial charge in [0.05, 0.1) is 0 Å². The molecule has 2 rings (SSSR count). The van der Waals surface area contributed by atoms with E-state index in [-0.39, 0.29) is 6.04 Å². The number of hydrogen-bond donors (Lipinski definition) is 0. The lowest BCUT2D eigenvalue weighted by molar-refractivity contribution is -0.706. The van der Waals surface area contributed by atoms with Gasteiger partial charge in [-0.15, -0.1) is 0 Å². The molecule has 1 aromatic carbocycles. The van der Waals surface area contributed by atoms with Crippen molar-refractivity contribution in [3.8, 4) is 6.07 Å². The third-order valence-corrected chi connectivity index (χ3v) is 2.55. The Hall–Kier alpha value is -2.08. The molecule has 80 valence electrons. The lowest BCUT2D eigenvalue weighted by Crippen LogP contribution is -2.34. The first-order valence-corrected chi connectivity index (χ1v) is 5.29. The quantitative estimate of drug-likeness (QED) is 0.715. The van der Waals surface area contributed by atoms with Crippen molar-refractivity contribution >= 4 is 0 Å². The number of hydrogen-bond acceptors (Lipinski definition) is 1. The van der Waals surface area contributed by atoms with Gasteiger partial charge in [0.1, 0.15) is 25.0 Å². The molecule has 0 aliphatic carbocycles. The summed E-state index contributed by atoms with van der Waals surface area (Å²) in [6, 6.07) is 12.4. The van der Waals surface area contributed by atoms with Gasteiger partial charge in [-0.05, 0) is 12.5 Å². The van der Waals surface area contributed by atoms with E-state index >= 15 is 0 Å². The number of aromatic nitrogens is 2. The summed E-state index contributed by atoms with van der Waals surface area (Å²) in [5.41, 5.74) is 1.26. The van der Waals surface area contributed by atoms with Crippen molar-refractivity contribution in [1.29, 1.82) is 5.26 Å². The molecule has 3 heteroatoms. The summed E-state index contributed by atoms with van der Waals surface area (Å²) in [6.45, 7) is 2.72. The van der Waals surface area contributed by atoms with E-state index in [0.29, 0.717) is 0 Å². The van der Waals surface area contributed by atoms with Crippen LogP contribution in [0.15, 0.2) is 49.1 Å². The minimum Gasteiger partial charge on any atom is -0.233 e. The molecule has 1 heterocycles. The number of nitriles is 1. The van der Waals surface area contributed by atoms with E-state index < -0.39 is 0 Å². The molecule has 0 bridgehead atoms. The highest BCUT2D eigenvalue weighted by molar-refractivity contribution is 5.14. The van der Waals surface area contributed by atoms with Crippen LogP contribution in [-0.2, 0) is 6.54 Å². The van der Waals surface area contributed by atoms with Crippen molar-refractivity contribution in [2.24, 2.45) is 0 Å². The highest BCUT2D eigenvalue weighted by atomic mass is 15.1. The van der Waals surface area contributed by atoms with Gasteiger partial charge in [-0.3, -0.25) is 0 Å². The summed E-state index contributed by atoms with van der Waals surface area (Å²) in [5, 5.41) is 8.81. The maximum absolute atomic E-state index is 8.81. The summed E-state index contributed by atoms with van der Waals surface area (Å²) in [4.78, 5) is 0. The SMILES string of the molecule is CC(C#N)[n+]1ccn(Cc2ccccc2)c1. The predicted molar refractivity (Wildman–Crippen MR) is 60.5 cm³/mol. The summed E-state index contributed by atoms with van der Waals surface area (Å²) < 4.78 is 3.98. The molecule has 0 spiro atoms. The van der Waals surface area contributed by atoms with Crippen LogP contribution < -0.4 is 4.57 Å². The van der Waals surface area contributed by atoms with Crippen molar-refractivity contribution in [3.05, 3.63) is 54.6 Å². The molecular formula is C13H14N3+. The number of benzene rings is 1. The molecule has 1 atom stereocenters. The van der Waals surface area contributed by atoms with E-state index in [1.165, 1.54) is 5.56 Å². The maximum atomic E-state index is 8.81. The molecule has 1 aromatic heterocycles. The van der Waals surface area contributed by atoms with Crippen LogP contribution in [-0.4, -0.2) is 4.57 Å². The van der Waals surface area contributed by atoms with Gasteiger partial charge in [0.15, 0.2) is 6.04 Å². The minimum atomic E-state index is -0.114. The van der Waals surface area contributed by atoms with Gasteiger partial charge < -0.3 is 0 Å². The standard InChI is InChI=1S/C13H14N3/c1-12(9-14)16-8-7-15(11-16)10-13-5-3-2-4-6-13/h2-8,11-12H,10H2,1H3/q+1. The first-order chi connectivity index (χ1) is 7.79. The largest absolute Gasteiger partial charge is 0.245 e. The van der Waals surface area contributed by atoms with Crippen molar-refractivity contribution < 1.29 is 4.57 Å². The van der Waals surface area contributed by atoms with Gasteiger partial charge in [0.2, 0.25) is 6.33 Å². The van der Waals surface area contributed by atoms with Crippen LogP contribution in [0.2, 0.25) is 0 Å². The molecule has 0 fully saturated rings. The Kier molecular flexibility index (Phi) is 3.02. The normalized spacial score (nSPS) is 12.0. The van der Waals surface area contributed by atoms with Crippen LogP contribution in [0.4, 0.5) is 0 Å². The topological polar surface area (TPSA) is 32.6 Å². The maximum Gasteiger partial charge on any atom is 0.245 e. The lowest BCUT2D eigenvalue weighted by atomic mass is 10.2. The Bertz CT molecular complexity index is 493. The highest BCUT2D eigenvalue weighted by Crippen LogP contribution is 2.01. The fourth-order valence-electron chi connectivity index (χ4n) is 1.59. The zero-order valence-corrected chi connectivity index (χ0v) is 9.24. The van der Waals surface area contributed by atoms with E-state index in [4.69, 9.17) is 5.26 Å². The summed E-state index contributed by atoms with van der Waals surface area (Å²) in [5.74, 6) is 0. The Labute approximate surface area is 95.2 Å². The molecule has 0 aliphatic rings. The Morgan fingerprint density at radius 2 is 2.12 bits per heavy atom. The van der Waals surface area contributed by atoms with Crippen LogP contribution in [0.5, 0.6) is 0 Å². The second kappa shape index (κ2) is 4.63. The van der Waals surface area contributed by atoms with Crippen molar-refractivity contribution in [3.63, 3.8) is 0 Å². The van der Waals surface area contributed by atoms with Crippen LogP contribution >= 0.6 is 0 Å². The van der Waals surface area contributed by atoms with Gasteiger partial charge >= 0.3 is 0 Å². The van der Waals surface area contributed by atoms with Crippen LogP contribution in [0.25, 0.3) is 0 Å². The van der Waals surface area contributed by atoms with E-state index in [2.05, 4.69) is 22.8 Å². The van der Waals surface area contributed by atoms with Gasteiger partial charge in [-0.25, -0.2) is 9.13 Å². The third kappa shape index (κ3) is 2.29. The van der Waals surface area contributed by atoms with E-state index in [9.17, 15) is 0 Å². The Morgan fingerprint density at radius 3 is 2.81 bits per heavy atom. The molecule has 2 aromatic rings. The highest BCUT2D eigenvalue weighted by Gasteiger charge is 2.10. The average Bonchev–Trinajstić information content (AvgIpc) is 2.78. The second-order valence-corrected chi connectivity index (χ2v) is 3.82. The van der Waals surface area contributed by atoms with E-state index in [1.807, 2.05) is 48.4 Å². The van der Waals surface area contributed by atoms with Gasteiger partial charge in [0.25, 0.3) is 0 Å². The Balaban J connectivity index is 2.12. The molecule has 16 heavy (non-hydrogen) atoms. The number of rotatable bonds is 3. The first kappa shape index (κ1) is 10.4. The first-order valence-electron chi connectivity index (χ1n) is 5.29. The van der Waals surface area contributed by atoms with Crippen molar-refractivity contribution in [2.45, 2.75) is 19.5 Å². The van der Waals surface area contributed by atoms with Crippen LogP contribution in [0.1, 0.15) is 18.5 Å². The number of nitrogens with zero attached hydrogens (tertiary/aromatic N) is 3. The summed E-state index contributed by atoms with van der Waals surface area (Å²) in [7, 11) is 0. The molecule has 1 unspecified atom stereocenters. The molecule has 0 N–H and O–H groups in total. The molecule has 0 aliphatic heterocycles. The average molecular weight is 212 g/mol. The van der Waals surface area contributed by atoms with E-state index in [0.717, 1.165) is 6.54 Å². The molecule has 0 radical (unpaired) electrons. The van der Waals surface area contributed by atoms with Crippen LogP contribution in [0, 0.1) is 11.3 Å².